The molecule has 2 heterocycles. The Bertz CT molecular complexity index is 1340. The molecule has 0 aliphatic carbocycles. The lowest BCUT2D eigenvalue weighted by Crippen LogP contribution is -2.48. The van der Waals surface area contributed by atoms with Gasteiger partial charge in [0.15, 0.2) is 0 Å². The van der Waals surface area contributed by atoms with Gasteiger partial charge >= 0.3 is 0 Å². The van der Waals surface area contributed by atoms with Crippen LogP contribution in [-0.2, 0) is 16.4 Å². The number of para-hydroxylation sites is 2. The minimum Gasteiger partial charge on any atom is -0.495 e. The number of hydrogen-bond donors (Lipinski definition) is 0. The summed E-state index contributed by atoms with van der Waals surface area (Å²) in [6, 6.07) is 21.6. The highest BCUT2D eigenvalue weighted by molar-refractivity contribution is 7.92. The monoisotopic (exact) mass is 491 g/mol. The molecule has 1 saturated heterocycles. The van der Waals surface area contributed by atoms with E-state index in [0.29, 0.717) is 30.8 Å². The molecule has 0 bridgehead atoms. The second kappa shape index (κ2) is 9.26. The quantitative estimate of drug-likeness (QED) is 0.543. The number of benzene rings is 3. The van der Waals surface area contributed by atoms with Crippen LogP contribution in [0.3, 0.4) is 0 Å². The number of rotatable bonds is 5. The summed E-state index contributed by atoms with van der Waals surface area (Å²) in [6.45, 7) is 4.56. The predicted molar refractivity (Wildman–Crippen MR) is 137 cm³/mol. The molecule has 7 nitrogen and oxygen atoms in total. The summed E-state index contributed by atoms with van der Waals surface area (Å²) >= 11 is 0. The highest BCUT2D eigenvalue weighted by Gasteiger charge is 2.36. The van der Waals surface area contributed by atoms with Crippen molar-refractivity contribution in [2.45, 2.75) is 24.3 Å². The van der Waals surface area contributed by atoms with Gasteiger partial charge in [-0.2, -0.15) is 0 Å². The van der Waals surface area contributed by atoms with E-state index in [1.165, 1.54) is 4.31 Å². The standard InChI is InChI=1S/C27H29N3O4S/c1-20-18-22-19-21(12-13-24(22)30(20)35(32,33)23-8-4-3-5-9-23)27(31)29-16-14-28(15-17-29)25-10-6-7-11-26(25)34-2/h3-13,19-20H,14-18H2,1-2H3/t20-/m0/s1. The maximum atomic E-state index is 13.3. The van der Waals surface area contributed by atoms with Gasteiger partial charge in [-0.1, -0.05) is 30.3 Å². The van der Waals surface area contributed by atoms with Crippen LogP contribution in [0.5, 0.6) is 5.75 Å². The zero-order valence-electron chi connectivity index (χ0n) is 19.9. The maximum absolute atomic E-state index is 13.3. The van der Waals surface area contributed by atoms with E-state index in [0.717, 1.165) is 30.1 Å². The van der Waals surface area contributed by atoms with Crippen LogP contribution >= 0.6 is 0 Å². The molecule has 8 heteroatoms. The third-order valence-corrected chi connectivity index (χ3v) is 8.71. The number of anilines is 2. The SMILES string of the molecule is COc1ccccc1N1CCN(C(=O)c2ccc3c(c2)C[C@H](C)N3S(=O)(=O)c2ccccc2)CC1. The molecule has 0 aromatic heterocycles. The first-order valence-corrected chi connectivity index (χ1v) is 13.2. The van der Waals surface area contributed by atoms with Gasteiger partial charge in [-0.3, -0.25) is 9.10 Å². The number of hydrogen-bond acceptors (Lipinski definition) is 5. The zero-order chi connectivity index (χ0) is 24.6. The molecule has 2 aliphatic heterocycles. The fraction of sp³-hybridized carbons (Fsp3) is 0.296. The normalized spacial score (nSPS) is 17.9. The summed E-state index contributed by atoms with van der Waals surface area (Å²) in [5, 5.41) is 0. The number of piperazine rings is 1. The number of amides is 1. The van der Waals surface area contributed by atoms with Crippen LogP contribution in [0.1, 0.15) is 22.8 Å². The van der Waals surface area contributed by atoms with Crippen LogP contribution in [0.15, 0.2) is 77.7 Å². The van der Waals surface area contributed by atoms with Gasteiger partial charge in [0.25, 0.3) is 15.9 Å². The van der Waals surface area contributed by atoms with Gasteiger partial charge in [-0.25, -0.2) is 8.42 Å². The van der Waals surface area contributed by atoms with Gasteiger partial charge in [0.2, 0.25) is 0 Å². The molecule has 0 unspecified atom stereocenters. The molecule has 1 fully saturated rings. The molecule has 3 aromatic carbocycles. The molecule has 0 radical (unpaired) electrons. The van der Waals surface area contributed by atoms with Crippen molar-refractivity contribution in [2.75, 3.05) is 42.5 Å². The molecule has 0 N–H and O–H groups in total. The van der Waals surface area contributed by atoms with Gasteiger partial charge in [0.05, 0.1) is 23.4 Å². The average molecular weight is 492 g/mol. The molecule has 2 aliphatic rings. The fourth-order valence-electron chi connectivity index (χ4n) is 5.03. The Hall–Kier alpha value is -3.52. The molecule has 0 saturated carbocycles. The lowest BCUT2D eigenvalue weighted by molar-refractivity contribution is 0.0746. The van der Waals surface area contributed by atoms with Crippen molar-refractivity contribution in [1.82, 2.24) is 4.90 Å². The fourth-order valence-corrected chi connectivity index (χ4v) is 6.75. The number of ether oxygens (including phenoxy) is 1. The second-order valence-corrected chi connectivity index (χ2v) is 10.8. The summed E-state index contributed by atoms with van der Waals surface area (Å²) in [5.74, 6) is 0.805. The lowest BCUT2D eigenvalue weighted by atomic mass is 10.1. The highest BCUT2D eigenvalue weighted by atomic mass is 32.2. The molecule has 3 aromatic rings. The third-order valence-electron chi connectivity index (χ3n) is 6.77. The summed E-state index contributed by atoms with van der Waals surface area (Å²) in [7, 11) is -2.00. The van der Waals surface area contributed by atoms with Crippen molar-refractivity contribution in [1.29, 1.82) is 0 Å². The van der Waals surface area contributed by atoms with E-state index in [4.69, 9.17) is 4.74 Å². The number of nitrogens with zero attached hydrogens (tertiary/aromatic N) is 3. The Balaban J connectivity index is 1.32. The summed E-state index contributed by atoms with van der Waals surface area (Å²) < 4.78 is 33.6. The van der Waals surface area contributed by atoms with E-state index in [1.807, 2.05) is 42.2 Å². The Morgan fingerprint density at radius 3 is 2.29 bits per heavy atom. The molecule has 1 amide bonds. The van der Waals surface area contributed by atoms with E-state index in [1.54, 1.807) is 49.6 Å². The molecular formula is C27H29N3O4S. The molecular weight excluding hydrogens is 462 g/mol. The first-order chi connectivity index (χ1) is 16.9. The number of sulfonamides is 1. The minimum atomic E-state index is -3.67. The Morgan fingerprint density at radius 1 is 0.886 bits per heavy atom. The number of carbonyl (C=O) groups is 1. The molecule has 182 valence electrons. The molecule has 0 spiro atoms. The van der Waals surface area contributed by atoms with Gasteiger partial charge in [0, 0.05) is 37.8 Å². The summed E-state index contributed by atoms with van der Waals surface area (Å²) in [6.07, 6.45) is 0.574. The van der Waals surface area contributed by atoms with E-state index in [-0.39, 0.29) is 16.8 Å². The Kier molecular flexibility index (Phi) is 6.15. The van der Waals surface area contributed by atoms with E-state index < -0.39 is 10.0 Å². The Labute approximate surface area is 206 Å². The van der Waals surface area contributed by atoms with Gasteiger partial charge < -0.3 is 14.5 Å². The van der Waals surface area contributed by atoms with E-state index in [2.05, 4.69) is 4.90 Å². The van der Waals surface area contributed by atoms with Crippen molar-refractivity contribution >= 4 is 27.3 Å². The Morgan fingerprint density at radius 2 is 1.57 bits per heavy atom. The summed E-state index contributed by atoms with van der Waals surface area (Å²) in [4.78, 5) is 17.7. The van der Waals surface area contributed by atoms with Crippen LogP contribution in [-0.4, -0.2) is 58.6 Å². The van der Waals surface area contributed by atoms with Crippen molar-refractivity contribution in [3.8, 4) is 5.75 Å². The van der Waals surface area contributed by atoms with Crippen molar-refractivity contribution in [2.24, 2.45) is 0 Å². The van der Waals surface area contributed by atoms with Gasteiger partial charge in [0.1, 0.15) is 5.75 Å². The maximum Gasteiger partial charge on any atom is 0.264 e. The van der Waals surface area contributed by atoms with Crippen LogP contribution in [0, 0.1) is 0 Å². The summed E-state index contributed by atoms with van der Waals surface area (Å²) in [5.41, 5.74) is 3.17. The number of methoxy groups -OCH3 is 1. The van der Waals surface area contributed by atoms with Crippen LogP contribution < -0.4 is 13.9 Å². The zero-order valence-corrected chi connectivity index (χ0v) is 20.7. The molecule has 35 heavy (non-hydrogen) atoms. The van der Waals surface area contributed by atoms with Crippen LogP contribution in [0.25, 0.3) is 0 Å². The first-order valence-electron chi connectivity index (χ1n) is 11.8. The first kappa shape index (κ1) is 23.2. The third kappa shape index (κ3) is 4.23. The highest BCUT2D eigenvalue weighted by Crippen LogP contribution is 2.37. The predicted octanol–water partition coefficient (Wildman–Crippen LogP) is 3.80. The lowest BCUT2D eigenvalue weighted by Gasteiger charge is -2.36. The number of carbonyl (C=O) groups excluding carboxylic acids is 1. The van der Waals surface area contributed by atoms with Crippen molar-refractivity contribution in [3.63, 3.8) is 0 Å². The van der Waals surface area contributed by atoms with Crippen molar-refractivity contribution < 1.29 is 17.9 Å². The minimum absolute atomic E-state index is 0.0236. The number of fused-ring (bicyclic) bond motifs is 1. The van der Waals surface area contributed by atoms with E-state index in [9.17, 15) is 13.2 Å². The van der Waals surface area contributed by atoms with Gasteiger partial charge in [-0.05, 0) is 61.4 Å². The van der Waals surface area contributed by atoms with E-state index >= 15 is 0 Å². The van der Waals surface area contributed by atoms with Crippen LogP contribution in [0.2, 0.25) is 0 Å². The average Bonchev–Trinajstić information content (AvgIpc) is 3.24. The van der Waals surface area contributed by atoms with Gasteiger partial charge in [-0.15, -0.1) is 0 Å². The largest absolute Gasteiger partial charge is 0.495 e. The second-order valence-electron chi connectivity index (χ2n) is 8.96. The van der Waals surface area contributed by atoms with Crippen molar-refractivity contribution in [3.05, 3.63) is 83.9 Å². The smallest absolute Gasteiger partial charge is 0.264 e. The molecule has 1 atom stereocenters. The topological polar surface area (TPSA) is 70.2 Å². The molecule has 5 rings (SSSR count). The van der Waals surface area contributed by atoms with Crippen LogP contribution in [0.4, 0.5) is 11.4 Å².